The standard InChI is InChI=1S/C14H18ClNO5S/c15-11-1-3-12(4-2-11)22(19,20)16-13(9-14(17)18)10-5-7-21-8-6-10/h1-4,10,13,16H,5-9H2,(H,17,18). The highest BCUT2D eigenvalue weighted by Gasteiger charge is 2.30. The van der Waals surface area contributed by atoms with E-state index in [4.69, 9.17) is 21.4 Å². The second kappa shape index (κ2) is 7.41. The molecular formula is C14H18ClNO5S. The maximum absolute atomic E-state index is 12.4. The molecule has 1 unspecified atom stereocenters. The number of carboxylic acids is 1. The largest absolute Gasteiger partial charge is 0.481 e. The van der Waals surface area contributed by atoms with Gasteiger partial charge in [-0.05, 0) is 43.0 Å². The number of carboxylic acid groups (broad SMARTS) is 1. The van der Waals surface area contributed by atoms with Crippen molar-refractivity contribution in [2.24, 2.45) is 5.92 Å². The van der Waals surface area contributed by atoms with Crippen molar-refractivity contribution in [3.8, 4) is 0 Å². The number of aliphatic carboxylic acids is 1. The number of hydrogen-bond acceptors (Lipinski definition) is 4. The molecule has 1 aliphatic heterocycles. The first kappa shape index (κ1) is 17.2. The lowest BCUT2D eigenvalue weighted by molar-refractivity contribution is -0.138. The van der Waals surface area contributed by atoms with Crippen molar-refractivity contribution in [1.82, 2.24) is 4.72 Å². The molecule has 1 aromatic rings. The van der Waals surface area contributed by atoms with Gasteiger partial charge in [-0.3, -0.25) is 4.79 Å². The minimum Gasteiger partial charge on any atom is -0.481 e. The van der Waals surface area contributed by atoms with E-state index >= 15 is 0 Å². The van der Waals surface area contributed by atoms with Gasteiger partial charge in [-0.25, -0.2) is 13.1 Å². The van der Waals surface area contributed by atoms with Crippen LogP contribution in [0.4, 0.5) is 0 Å². The van der Waals surface area contributed by atoms with Crippen molar-refractivity contribution in [2.75, 3.05) is 13.2 Å². The number of nitrogens with one attached hydrogen (secondary N) is 1. The highest BCUT2D eigenvalue weighted by molar-refractivity contribution is 7.89. The molecule has 22 heavy (non-hydrogen) atoms. The predicted octanol–water partition coefficient (Wildman–Crippen LogP) is 1.89. The van der Waals surface area contributed by atoms with Crippen molar-refractivity contribution in [3.05, 3.63) is 29.3 Å². The summed E-state index contributed by atoms with van der Waals surface area (Å²) >= 11 is 5.75. The van der Waals surface area contributed by atoms with Gasteiger partial charge < -0.3 is 9.84 Å². The van der Waals surface area contributed by atoms with E-state index in [9.17, 15) is 13.2 Å². The van der Waals surface area contributed by atoms with Crippen LogP contribution in [0.2, 0.25) is 5.02 Å². The molecular weight excluding hydrogens is 330 g/mol. The molecule has 0 aliphatic carbocycles. The molecule has 0 radical (unpaired) electrons. The van der Waals surface area contributed by atoms with Gasteiger partial charge in [0.1, 0.15) is 0 Å². The van der Waals surface area contributed by atoms with Crippen LogP contribution in [0.15, 0.2) is 29.2 Å². The van der Waals surface area contributed by atoms with E-state index in [1.54, 1.807) is 0 Å². The summed E-state index contributed by atoms with van der Waals surface area (Å²) in [5.74, 6) is -1.08. The Hall–Kier alpha value is -1.15. The first-order valence-electron chi connectivity index (χ1n) is 6.96. The summed E-state index contributed by atoms with van der Waals surface area (Å²) in [6.45, 7) is 1.03. The molecule has 2 N–H and O–H groups in total. The van der Waals surface area contributed by atoms with Crippen molar-refractivity contribution in [3.63, 3.8) is 0 Å². The molecule has 1 aliphatic rings. The molecule has 1 fully saturated rings. The topological polar surface area (TPSA) is 92.7 Å². The minimum atomic E-state index is -3.78. The Bertz CT molecular complexity index is 611. The van der Waals surface area contributed by atoms with Crippen LogP contribution < -0.4 is 4.72 Å². The molecule has 122 valence electrons. The van der Waals surface area contributed by atoms with E-state index in [0.717, 1.165) is 0 Å². The molecule has 8 heteroatoms. The van der Waals surface area contributed by atoms with Crippen molar-refractivity contribution >= 4 is 27.6 Å². The van der Waals surface area contributed by atoms with E-state index in [1.165, 1.54) is 24.3 Å². The van der Waals surface area contributed by atoms with E-state index in [1.807, 2.05) is 0 Å². The van der Waals surface area contributed by atoms with Crippen LogP contribution in [0.5, 0.6) is 0 Å². The first-order valence-corrected chi connectivity index (χ1v) is 8.82. The monoisotopic (exact) mass is 347 g/mol. The van der Waals surface area contributed by atoms with Gasteiger partial charge in [-0.1, -0.05) is 11.6 Å². The SMILES string of the molecule is O=C(O)CC(NS(=O)(=O)c1ccc(Cl)cc1)C1CCOCC1. The second-order valence-electron chi connectivity index (χ2n) is 5.23. The molecule has 0 bridgehead atoms. The Balaban J connectivity index is 2.17. The van der Waals surface area contributed by atoms with Crippen molar-refractivity contribution in [2.45, 2.75) is 30.2 Å². The van der Waals surface area contributed by atoms with Crippen LogP contribution in [0.25, 0.3) is 0 Å². The summed E-state index contributed by atoms with van der Waals surface area (Å²) in [6.07, 6.45) is 1.03. The molecule has 1 saturated heterocycles. The third-order valence-corrected chi connectivity index (χ3v) is 5.42. The number of hydrogen-bond donors (Lipinski definition) is 2. The van der Waals surface area contributed by atoms with Crippen LogP contribution in [0.3, 0.4) is 0 Å². The lowest BCUT2D eigenvalue weighted by Gasteiger charge is -2.29. The highest BCUT2D eigenvalue weighted by Crippen LogP contribution is 2.23. The van der Waals surface area contributed by atoms with Gasteiger partial charge in [-0.15, -0.1) is 0 Å². The summed E-state index contributed by atoms with van der Waals surface area (Å²) in [7, 11) is -3.78. The van der Waals surface area contributed by atoms with Gasteiger partial charge in [0.05, 0.1) is 11.3 Å². The van der Waals surface area contributed by atoms with E-state index < -0.39 is 22.0 Å². The fourth-order valence-electron chi connectivity index (χ4n) is 2.49. The second-order valence-corrected chi connectivity index (χ2v) is 7.38. The fourth-order valence-corrected chi connectivity index (χ4v) is 3.92. The van der Waals surface area contributed by atoms with Crippen LogP contribution in [0.1, 0.15) is 19.3 Å². The van der Waals surface area contributed by atoms with Gasteiger partial charge in [-0.2, -0.15) is 0 Å². The summed E-state index contributed by atoms with van der Waals surface area (Å²) in [5.41, 5.74) is 0. The number of sulfonamides is 1. The Morgan fingerprint density at radius 3 is 2.45 bits per heavy atom. The fraction of sp³-hybridized carbons (Fsp3) is 0.500. The zero-order valence-corrected chi connectivity index (χ0v) is 13.4. The van der Waals surface area contributed by atoms with Crippen LogP contribution >= 0.6 is 11.6 Å². The van der Waals surface area contributed by atoms with Gasteiger partial charge in [0.2, 0.25) is 10.0 Å². The van der Waals surface area contributed by atoms with Crippen molar-refractivity contribution < 1.29 is 23.1 Å². The minimum absolute atomic E-state index is 0.0491. The van der Waals surface area contributed by atoms with Crippen LogP contribution in [0, 0.1) is 5.92 Å². The Morgan fingerprint density at radius 2 is 1.91 bits per heavy atom. The highest BCUT2D eigenvalue weighted by atomic mass is 35.5. The zero-order chi connectivity index (χ0) is 16.2. The average molecular weight is 348 g/mol. The summed E-state index contributed by atoms with van der Waals surface area (Å²) < 4.78 is 32.6. The maximum Gasteiger partial charge on any atom is 0.304 e. The molecule has 2 rings (SSSR count). The molecule has 0 aromatic heterocycles. The zero-order valence-electron chi connectivity index (χ0n) is 11.9. The summed E-state index contributed by atoms with van der Waals surface area (Å²) in [4.78, 5) is 11.1. The molecule has 0 spiro atoms. The normalized spacial score (nSPS) is 18.0. The Morgan fingerprint density at radius 1 is 1.32 bits per heavy atom. The van der Waals surface area contributed by atoms with E-state index in [0.29, 0.717) is 31.1 Å². The molecule has 0 amide bonds. The lowest BCUT2D eigenvalue weighted by Crippen LogP contribution is -2.43. The number of carbonyl (C=O) groups is 1. The Labute approximate surface area is 134 Å². The third kappa shape index (κ3) is 4.67. The first-order chi connectivity index (χ1) is 10.4. The third-order valence-electron chi connectivity index (χ3n) is 3.66. The van der Waals surface area contributed by atoms with Gasteiger partial charge in [0.15, 0.2) is 0 Å². The predicted molar refractivity (Wildman–Crippen MR) is 81.4 cm³/mol. The number of ether oxygens (including phenoxy) is 1. The maximum atomic E-state index is 12.4. The van der Waals surface area contributed by atoms with E-state index in [2.05, 4.69) is 4.72 Å². The molecule has 0 saturated carbocycles. The molecule has 6 nitrogen and oxygen atoms in total. The van der Waals surface area contributed by atoms with Gasteiger partial charge in [0, 0.05) is 24.3 Å². The Kier molecular flexibility index (Phi) is 5.80. The average Bonchev–Trinajstić information content (AvgIpc) is 2.47. The van der Waals surface area contributed by atoms with Gasteiger partial charge >= 0.3 is 5.97 Å². The number of rotatable bonds is 6. The van der Waals surface area contributed by atoms with Gasteiger partial charge in [0.25, 0.3) is 0 Å². The lowest BCUT2D eigenvalue weighted by atomic mass is 9.90. The number of benzene rings is 1. The summed E-state index contributed by atoms with van der Waals surface area (Å²) in [6, 6.07) is 5.11. The molecule has 1 aromatic carbocycles. The van der Waals surface area contributed by atoms with Crippen LogP contribution in [-0.4, -0.2) is 38.7 Å². The quantitative estimate of drug-likeness (QED) is 0.819. The van der Waals surface area contributed by atoms with Crippen LogP contribution in [-0.2, 0) is 19.6 Å². The molecule has 1 atom stereocenters. The number of halogens is 1. The van der Waals surface area contributed by atoms with Crippen molar-refractivity contribution in [1.29, 1.82) is 0 Å². The summed E-state index contributed by atoms with van der Waals surface area (Å²) in [5, 5.41) is 9.47. The smallest absolute Gasteiger partial charge is 0.304 e. The molecule has 1 heterocycles. The van der Waals surface area contributed by atoms with E-state index in [-0.39, 0.29) is 17.2 Å².